The van der Waals surface area contributed by atoms with Gasteiger partial charge in [0, 0.05) is 19.1 Å². The van der Waals surface area contributed by atoms with E-state index < -0.39 is 5.97 Å². The summed E-state index contributed by atoms with van der Waals surface area (Å²) in [5, 5.41) is 12.4. The molecule has 3 rings (SSSR count). The van der Waals surface area contributed by atoms with Crippen LogP contribution in [0, 0.1) is 0 Å². The summed E-state index contributed by atoms with van der Waals surface area (Å²) in [6.45, 7) is 1.91. The van der Waals surface area contributed by atoms with Crippen molar-refractivity contribution in [2.45, 2.75) is 38.1 Å². The van der Waals surface area contributed by atoms with Crippen molar-refractivity contribution in [3.63, 3.8) is 0 Å². The number of benzene rings is 1. The molecule has 0 aromatic heterocycles. The molecule has 1 aromatic carbocycles. The van der Waals surface area contributed by atoms with Crippen LogP contribution in [0.4, 0.5) is 11.4 Å². The lowest BCUT2D eigenvalue weighted by molar-refractivity contribution is 0.0697. The molecule has 4 heteroatoms. The van der Waals surface area contributed by atoms with Crippen LogP contribution in [0.1, 0.15) is 42.5 Å². The van der Waals surface area contributed by atoms with E-state index in [-0.39, 0.29) is 0 Å². The zero-order valence-corrected chi connectivity index (χ0v) is 11.1. The van der Waals surface area contributed by atoms with Gasteiger partial charge in [-0.1, -0.05) is 19.3 Å². The fourth-order valence-electron chi connectivity index (χ4n) is 3.26. The highest BCUT2D eigenvalue weighted by Crippen LogP contribution is 2.35. The van der Waals surface area contributed by atoms with Gasteiger partial charge in [-0.05, 0) is 31.0 Å². The Morgan fingerprint density at radius 1 is 1.26 bits per heavy atom. The maximum absolute atomic E-state index is 11.0. The Labute approximate surface area is 113 Å². The molecule has 102 valence electrons. The van der Waals surface area contributed by atoms with Crippen molar-refractivity contribution in [2.24, 2.45) is 0 Å². The number of nitrogens with one attached hydrogen (secondary N) is 1. The average Bonchev–Trinajstić information content (AvgIpc) is 2.47. The minimum absolute atomic E-state index is 0.358. The summed E-state index contributed by atoms with van der Waals surface area (Å²) < 4.78 is 0. The minimum atomic E-state index is -0.862. The number of aromatic carboxylic acids is 1. The van der Waals surface area contributed by atoms with E-state index in [4.69, 9.17) is 5.11 Å². The van der Waals surface area contributed by atoms with Crippen LogP contribution in [0.15, 0.2) is 18.2 Å². The molecular formula is C15H20N2O2. The van der Waals surface area contributed by atoms with Crippen LogP contribution < -0.4 is 10.2 Å². The van der Waals surface area contributed by atoms with Crippen LogP contribution in [-0.2, 0) is 0 Å². The molecule has 1 heterocycles. The second-order valence-corrected chi connectivity index (χ2v) is 5.45. The summed E-state index contributed by atoms with van der Waals surface area (Å²) >= 11 is 0. The number of carboxylic acid groups (broad SMARTS) is 1. The van der Waals surface area contributed by atoms with Gasteiger partial charge in [0.2, 0.25) is 0 Å². The lowest BCUT2D eigenvalue weighted by atomic mass is 9.93. The molecule has 0 amide bonds. The van der Waals surface area contributed by atoms with Crippen molar-refractivity contribution in [1.29, 1.82) is 0 Å². The normalized spacial score (nSPS) is 19.7. The van der Waals surface area contributed by atoms with Crippen molar-refractivity contribution < 1.29 is 9.90 Å². The van der Waals surface area contributed by atoms with E-state index in [9.17, 15) is 4.79 Å². The van der Waals surface area contributed by atoms with Gasteiger partial charge in [-0.25, -0.2) is 4.79 Å². The Morgan fingerprint density at radius 2 is 2.05 bits per heavy atom. The van der Waals surface area contributed by atoms with E-state index >= 15 is 0 Å². The van der Waals surface area contributed by atoms with Gasteiger partial charge in [-0.15, -0.1) is 0 Å². The molecule has 0 saturated heterocycles. The highest BCUT2D eigenvalue weighted by molar-refractivity contribution is 5.91. The molecule has 2 N–H and O–H groups in total. The average molecular weight is 260 g/mol. The highest BCUT2D eigenvalue weighted by atomic mass is 16.4. The molecule has 1 aromatic rings. The molecule has 1 aliphatic heterocycles. The largest absolute Gasteiger partial charge is 0.478 e. The Balaban J connectivity index is 1.89. The molecule has 0 radical (unpaired) electrons. The number of hydrogen-bond acceptors (Lipinski definition) is 3. The van der Waals surface area contributed by atoms with Crippen molar-refractivity contribution in [3.8, 4) is 0 Å². The van der Waals surface area contributed by atoms with Crippen molar-refractivity contribution in [3.05, 3.63) is 23.8 Å². The summed E-state index contributed by atoms with van der Waals surface area (Å²) in [5.41, 5.74) is 2.50. The van der Waals surface area contributed by atoms with Gasteiger partial charge in [0.1, 0.15) is 0 Å². The number of hydrogen-bond donors (Lipinski definition) is 2. The van der Waals surface area contributed by atoms with Crippen molar-refractivity contribution >= 4 is 17.3 Å². The lowest BCUT2D eigenvalue weighted by Gasteiger charge is -2.40. The van der Waals surface area contributed by atoms with Crippen LogP contribution in [0.25, 0.3) is 0 Å². The summed E-state index contributed by atoms with van der Waals surface area (Å²) in [7, 11) is 0. The Morgan fingerprint density at radius 3 is 2.79 bits per heavy atom. The highest BCUT2D eigenvalue weighted by Gasteiger charge is 2.25. The van der Waals surface area contributed by atoms with Gasteiger partial charge in [0.05, 0.1) is 16.9 Å². The Hall–Kier alpha value is -1.71. The van der Waals surface area contributed by atoms with Crippen LogP contribution in [-0.4, -0.2) is 30.2 Å². The fraction of sp³-hybridized carbons (Fsp3) is 0.533. The first kappa shape index (κ1) is 12.3. The first-order chi connectivity index (χ1) is 9.25. The monoisotopic (exact) mass is 260 g/mol. The van der Waals surface area contributed by atoms with Crippen LogP contribution in [0.5, 0.6) is 0 Å². The molecule has 19 heavy (non-hydrogen) atoms. The van der Waals surface area contributed by atoms with Gasteiger partial charge in [-0.3, -0.25) is 0 Å². The van der Waals surface area contributed by atoms with E-state index in [0.717, 1.165) is 18.8 Å². The number of nitrogens with zero attached hydrogens (tertiary/aromatic N) is 1. The number of carboxylic acids is 1. The van der Waals surface area contributed by atoms with Gasteiger partial charge >= 0.3 is 5.97 Å². The standard InChI is InChI=1S/C15H20N2O2/c18-15(19)11-6-7-14-13(10-11)16-8-9-17(14)12-4-2-1-3-5-12/h6-7,10,12,16H,1-5,8-9H2,(H,18,19). The topological polar surface area (TPSA) is 52.6 Å². The van der Waals surface area contributed by atoms with Gasteiger partial charge in [0.25, 0.3) is 0 Å². The Bertz CT molecular complexity index is 481. The van der Waals surface area contributed by atoms with Crippen LogP contribution in [0.2, 0.25) is 0 Å². The van der Waals surface area contributed by atoms with E-state index in [1.807, 2.05) is 6.07 Å². The summed E-state index contributed by atoms with van der Waals surface area (Å²) in [5.74, 6) is -0.862. The SMILES string of the molecule is O=C(O)c1ccc2c(c1)NCCN2C1CCCCC1. The van der Waals surface area contributed by atoms with E-state index in [1.54, 1.807) is 12.1 Å². The van der Waals surface area contributed by atoms with E-state index in [0.29, 0.717) is 11.6 Å². The second-order valence-electron chi connectivity index (χ2n) is 5.45. The molecule has 2 aliphatic rings. The molecular weight excluding hydrogens is 240 g/mol. The molecule has 0 atom stereocenters. The summed E-state index contributed by atoms with van der Waals surface area (Å²) in [4.78, 5) is 13.5. The minimum Gasteiger partial charge on any atom is -0.478 e. The predicted octanol–water partition coefficient (Wildman–Crippen LogP) is 2.95. The Kier molecular flexibility index (Phi) is 3.32. The van der Waals surface area contributed by atoms with Crippen LogP contribution in [0.3, 0.4) is 0 Å². The van der Waals surface area contributed by atoms with Crippen molar-refractivity contribution in [1.82, 2.24) is 0 Å². The number of fused-ring (bicyclic) bond motifs is 1. The zero-order chi connectivity index (χ0) is 13.2. The van der Waals surface area contributed by atoms with Crippen molar-refractivity contribution in [2.75, 3.05) is 23.3 Å². The molecule has 4 nitrogen and oxygen atoms in total. The molecule has 1 aliphatic carbocycles. The quantitative estimate of drug-likeness (QED) is 0.858. The molecule has 0 spiro atoms. The zero-order valence-electron chi connectivity index (χ0n) is 11.1. The first-order valence-electron chi connectivity index (χ1n) is 7.13. The lowest BCUT2D eigenvalue weighted by Crippen LogP contribution is -2.42. The fourth-order valence-corrected chi connectivity index (χ4v) is 3.26. The third-order valence-electron chi connectivity index (χ3n) is 4.24. The number of anilines is 2. The molecule has 1 fully saturated rings. The molecule has 0 unspecified atom stereocenters. The smallest absolute Gasteiger partial charge is 0.335 e. The van der Waals surface area contributed by atoms with Gasteiger partial charge < -0.3 is 15.3 Å². The molecule has 0 bridgehead atoms. The maximum Gasteiger partial charge on any atom is 0.335 e. The van der Waals surface area contributed by atoms with Gasteiger partial charge in [-0.2, -0.15) is 0 Å². The van der Waals surface area contributed by atoms with E-state index in [1.165, 1.54) is 37.8 Å². The third kappa shape index (κ3) is 2.39. The number of carbonyl (C=O) groups is 1. The van der Waals surface area contributed by atoms with Crippen LogP contribution >= 0.6 is 0 Å². The number of rotatable bonds is 2. The first-order valence-corrected chi connectivity index (χ1v) is 7.13. The summed E-state index contributed by atoms with van der Waals surface area (Å²) in [6, 6.07) is 6.06. The third-order valence-corrected chi connectivity index (χ3v) is 4.24. The maximum atomic E-state index is 11.0. The van der Waals surface area contributed by atoms with E-state index in [2.05, 4.69) is 10.2 Å². The summed E-state index contributed by atoms with van der Waals surface area (Å²) in [6.07, 6.45) is 6.52. The predicted molar refractivity (Wildman–Crippen MR) is 76.1 cm³/mol. The second kappa shape index (κ2) is 5.11. The molecule has 1 saturated carbocycles. The van der Waals surface area contributed by atoms with Gasteiger partial charge in [0.15, 0.2) is 0 Å².